The fourth-order valence-electron chi connectivity index (χ4n) is 3.88. The highest BCUT2D eigenvalue weighted by molar-refractivity contribution is 5.98. The zero-order valence-electron chi connectivity index (χ0n) is 15.6. The molecule has 1 aliphatic rings. The van der Waals surface area contributed by atoms with Gasteiger partial charge in [-0.15, -0.1) is 0 Å². The van der Waals surface area contributed by atoms with Crippen LogP contribution in [0.3, 0.4) is 0 Å². The lowest BCUT2D eigenvalue weighted by Crippen LogP contribution is -2.32. The molecule has 29 heavy (non-hydrogen) atoms. The molecule has 0 fully saturated rings. The maximum atomic E-state index is 13.2. The summed E-state index contributed by atoms with van der Waals surface area (Å²) < 4.78 is 1.84. The monoisotopic (exact) mass is 383 g/mol. The van der Waals surface area contributed by atoms with Crippen LogP contribution in [-0.2, 0) is 0 Å². The van der Waals surface area contributed by atoms with Crippen molar-refractivity contribution in [2.24, 2.45) is 0 Å². The van der Waals surface area contributed by atoms with Gasteiger partial charge in [0.15, 0.2) is 0 Å². The number of nitriles is 1. The second-order valence-electron chi connectivity index (χ2n) is 7.08. The van der Waals surface area contributed by atoms with Gasteiger partial charge in [-0.3, -0.25) is 9.20 Å². The Balaban J connectivity index is 1.52. The first-order valence-electron chi connectivity index (χ1n) is 9.13. The molecule has 0 aliphatic carbocycles. The lowest BCUT2D eigenvalue weighted by molar-refractivity contribution is 0.0743. The average molecular weight is 383 g/mol. The van der Waals surface area contributed by atoms with Crippen LogP contribution in [0.1, 0.15) is 27.5 Å². The van der Waals surface area contributed by atoms with E-state index >= 15 is 0 Å². The number of nitrogens with two attached hydrogens (primary N) is 1. The van der Waals surface area contributed by atoms with Crippen LogP contribution in [0, 0.1) is 11.3 Å². The molecule has 142 valence electrons. The third-order valence-corrected chi connectivity index (χ3v) is 5.44. The minimum absolute atomic E-state index is 0.0963. The molecule has 0 radical (unpaired) electrons. The van der Waals surface area contributed by atoms with Crippen LogP contribution >= 0.6 is 0 Å². The maximum absolute atomic E-state index is 13.2. The molecule has 3 heterocycles. The molecule has 4 aromatic rings. The van der Waals surface area contributed by atoms with Crippen molar-refractivity contribution < 1.29 is 4.79 Å². The molecule has 2 aromatic carbocycles. The van der Waals surface area contributed by atoms with Crippen molar-refractivity contribution >= 4 is 34.0 Å². The summed E-state index contributed by atoms with van der Waals surface area (Å²) >= 11 is 0. The number of hydrogen-bond acceptors (Lipinski definition) is 6. The Morgan fingerprint density at radius 1 is 1.31 bits per heavy atom. The van der Waals surface area contributed by atoms with Crippen LogP contribution < -0.4 is 11.1 Å². The third kappa shape index (κ3) is 2.56. The van der Waals surface area contributed by atoms with Gasteiger partial charge in [0.1, 0.15) is 11.3 Å². The number of nitrogen functional groups attached to an aromatic ring is 1. The summed E-state index contributed by atoms with van der Waals surface area (Å²) in [6.45, 7) is 0.601. The summed E-state index contributed by atoms with van der Waals surface area (Å²) in [7, 11) is 1.79. The number of amides is 1. The summed E-state index contributed by atoms with van der Waals surface area (Å²) in [5.74, 6) is 0.303. The zero-order valence-corrected chi connectivity index (χ0v) is 15.6. The van der Waals surface area contributed by atoms with Crippen molar-refractivity contribution in [3.63, 3.8) is 0 Å². The average Bonchev–Trinajstić information content (AvgIpc) is 3.40. The van der Waals surface area contributed by atoms with Gasteiger partial charge in [0.2, 0.25) is 0 Å². The van der Waals surface area contributed by atoms with E-state index in [4.69, 9.17) is 11.0 Å². The molecule has 1 atom stereocenters. The van der Waals surface area contributed by atoms with E-state index in [9.17, 15) is 4.79 Å². The fourth-order valence-corrected chi connectivity index (χ4v) is 3.88. The van der Waals surface area contributed by atoms with Crippen molar-refractivity contribution in [1.82, 2.24) is 19.3 Å². The fraction of sp³-hybridized carbons (Fsp3) is 0.143. The molecular weight excluding hydrogens is 366 g/mol. The second kappa shape index (κ2) is 6.21. The smallest absolute Gasteiger partial charge is 0.254 e. The molecule has 1 amide bonds. The number of benzene rings is 2. The minimum atomic E-state index is -0.112. The summed E-state index contributed by atoms with van der Waals surface area (Å²) in [5.41, 5.74) is 11.2. The number of anilines is 2. The minimum Gasteiger partial charge on any atom is -0.382 e. The van der Waals surface area contributed by atoms with E-state index < -0.39 is 0 Å². The van der Waals surface area contributed by atoms with Gasteiger partial charge in [0.25, 0.3) is 5.91 Å². The van der Waals surface area contributed by atoms with Gasteiger partial charge in [0, 0.05) is 24.8 Å². The highest BCUT2D eigenvalue weighted by Gasteiger charge is 2.29. The van der Waals surface area contributed by atoms with E-state index in [0.29, 0.717) is 34.5 Å². The first-order chi connectivity index (χ1) is 14.1. The Bertz CT molecular complexity index is 1330. The molecule has 0 saturated heterocycles. The van der Waals surface area contributed by atoms with Crippen LogP contribution in [0.4, 0.5) is 11.5 Å². The number of carbonyl (C=O) groups is 1. The van der Waals surface area contributed by atoms with E-state index in [-0.39, 0.29) is 11.9 Å². The highest BCUT2D eigenvalue weighted by atomic mass is 16.2. The SMILES string of the molecule is CN(C(=O)c1ccc2nc(N)c3cncn3c2c1)[C@@H]1CNc2cc(C#N)ccc21. The molecule has 5 rings (SSSR count). The summed E-state index contributed by atoms with van der Waals surface area (Å²) in [5, 5.41) is 12.4. The Labute approximate surface area is 166 Å². The standard InChI is InChI=1S/C21H17N7O/c1-27(18-10-25-16-6-12(8-22)2-4-14(16)18)21(29)13-3-5-15-17(7-13)28-11-24-9-19(28)20(23)26-15/h2-7,9,11,18,25H,10H2,1H3,(H2,23,26)/t18-/m1/s1. The van der Waals surface area contributed by atoms with Crippen LogP contribution in [0.5, 0.6) is 0 Å². The predicted molar refractivity (Wildman–Crippen MR) is 109 cm³/mol. The Kier molecular flexibility index (Phi) is 3.64. The maximum Gasteiger partial charge on any atom is 0.254 e. The quantitative estimate of drug-likeness (QED) is 0.550. The molecule has 0 bridgehead atoms. The van der Waals surface area contributed by atoms with Gasteiger partial charge in [-0.05, 0) is 35.9 Å². The molecule has 0 spiro atoms. The van der Waals surface area contributed by atoms with E-state index in [1.54, 1.807) is 42.7 Å². The van der Waals surface area contributed by atoms with Crippen LogP contribution in [0.2, 0.25) is 0 Å². The van der Waals surface area contributed by atoms with Gasteiger partial charge >= 0.3 is 0 Å². The largest absolute Gasteiger partial charge is 0.382 e. The lowest BCUT2D eigenvalue weighted by Gasteiger charge is -2.25. The van der Waals surface area contributed by atoms with E-state index in [1.807, 2.05) is 22.6 Å². The first-order valence-corrected chi connectivity index (χ1v) is 9.13. The highest BCUT2D eigenvalue weighted by Crippen LogP contribution is 2.34. The molecule has 8 heteroatoms. The normalized spacial score (nSPS) is 15.1. The number of hydrogen-bond donors (Lipinski definition) is 2. The molecule has 2 aromatic heterocycles. The van der Waals surface area contributed by atoms with E-state index in [1.165, 1.54) is 0 Å². The third-order valence-electron chi connectivity index (χ3n) is 5.44. The van der Waals surface area contributed by atoms with Gasteiger partial charge in [-0.2, -0.15) is 5.26 Å². The van der Waals surface area contributed by atoms with Crippen molar-refractivity contribution in [2.75, 3.05) is 24.6 Å². The number of aromatic nitrogens is 3. The van der Waals surface area contributed by atoms with Gasteiger partial charge < -0.3 is 16.0 Å². The van der Waals surface area contributed by atoms with Crippen molar-refractivity contribution in [1.29, 1.82) is 5.26 Å². The zero-order chi connectivity index (χ0) is 20.1. The van der Waals surface area contributed by atoms with E-state index in [0.717, 1.165) is 16.8 Å². The van der Waals surface area contributed by atoms with E-state index in [2.05, 4.69) is 21.4 Å². The number of rotatable bonds is 2. The summed E-state index contributed by atoms with van der Waals surface area (Å²) in [6.07, 6.45) is 3.32. The summed E-state index contributed by atoms with van der Waals surface area (Å²) in [4.78, 5) is 23.5. The number of likely N-dealkylation sites (N-methyl/N-ethyl adjacent to an activating group) is 1. The summed E-state index contributed by atoms with van der Waals surface area (Å²) in [6, 6.07) is 12.9. The van der Waals surface area contributed by atoms with Crippen LogP contribution in [-0.4, -0.2) is 38.8 Å². The Hall–Kier alpha value is -4.12. The topological polar surface area (TPSA) is 112 Å². The van der Waals surface area contributed by atoms with Gasteiger partial charge in [-0.25, -0.2) is 9.97 Å². The number of fused-ring (bicyclic) bond motifs is 4. The van der Waals surface area contributed by atoms with Crippen molar-refractivity contribution in [3.05, 3.63) is 65.6 Å². The predicted octanol–water partition coefficient (Wildman–Crippen LogP) is 2.58. The van der Waals surface area contributed by atoms with Crippen LogP contribution in [0.25, 0.3) is 16.6 Å². The molecular formula is C21H17N7O. The molecule has 8 nitrogen and oxygen atoms in total. The van der Waals surface area contributed by atoms with Gasteiger partial charge in [-0.1, -0.05) is 6.07 Å². The lowest BCUT2D eigenvalue weighted by atomic mass is 10.0. The number of nitrogens with zero attached hydrogens (tertiary/aromatic N) is 5. The van der Waals surface area contributed by atoms with Gasteiger partial charge in [0.05, 0.1) is 41.2 Å². The number of carbonyl (C=O) groups excluding carboxylic acids is 1. The Morgan fingerprint density at radius 3 is 3.00 bits per heavy atom. The molecule has 0 saturated carbocycles. The first kappa shape index (κ1) is 17.0. The van der Waals surface area contributed by atoms with Crippen molar-refractivity contribution in [3.8, 4) is 6.07 Å². The number of nitrogens with one attached hydrogen (secondary N) is 1. The van der Waals surface area contributed by atoms with Crippen LogP contribution in [0.15, 0.2) is 48.9 Å². The number of imidazole rings is 1. The molecule has 3 N–H and O–H groups in total. The molecule has 1 aliphatic heterocycles. The molecule has 0 unspecified atom stereocenters. The van der Waals surface area contributed by atoms with Crippen molar-refractivity contribution in [2.45, 2.75) is 6.04 Å². The second-order valence-corrected chi connectivity index (χ2v) is 7.08. The Morgan fingerprint density at radius 2 is 2.17 bits per heavy atom.